The third-order valence-corrected chi connectivity index (χ3v) is 5.79. The number of fused-ring (bicyclic) bond motifs is 1. The highest BCUT2D eigenvalue weighted by atomic mass is 32.2. The van der Waals surface area contributed by atoms with Gasteiger partial charge >= 0.3 is 0 Å². The molecule has 0 aliphatic heterocycles. The molecule has 1 heterocycles. The van der Waals surface area contributed by atoms with Gasteiger partial charge in [0.25, 0.3) is 0 Å². The van der Waals surface area contributed by atoms with Gasteiger partial charge in [0.05, 0.1) is 10.9 Å². The molecular weight excluding hydrogens is 382 g/mol. The number of hydrogen-bond donors (Lipinski definition) is 1. The molecule has 0 aliphatic carbocycles. The van der Waals surface area contributed by atoms with Crippen LogP contribution in [-0.2, 0) is 4.79 Å². The molecule has 6 nitrogen and oxygen atoms in total. The Balaban J connectivity index is 1.52. The molecule has 0 aliphatic rings. The first-order chi connectivity index (χ1) is 14.0. The summed E-state index contributed by atoms with van der Waals surface area (Å²) in [6.07, 6.45) is 0. The zero-order chi connectivity index (χ0) is 20.4. The van der Waals surface area contributed by atoms with E-state index in [1.165, 1.54) is 11.8 Å². The maximum Gasteiger partial charge on any atom is 0.237 e. The van der Waals surface area contributed by atoms with Crippen molar-refractivity contribution < 1.29 is 4.79 Å². The highest BCUT2D eigenvalue weighted by Crippen LogP contribution is 2.27. The van der Waals surface area contributed by atoms with Crippen LogP contribution in [-0.4, -0.2) is 31.4 Å². The number of nitrogens with one attached hydrogen (secondary N) is 1. The standard InChI is InChI=1S/C22H21N5OS/c1-14-7-6-8-15(2)20(14)27-22(24-25-26-27)29-16(3)21(28)23-19-12-11-17-9-4-5-10-18(17)13-19/h4-13,16H,1-3H3,(H,23,28)/t16-/m1/s1. The fourth-order valence-corrected chi connectivity index (χ4v) is 4.05. The number of benzene rings is 3. The molecule has 0 fully saturated rings. The Bertz CT molecular complexity index is 1170. The molecule has 4 aromatic rings. The van der Waals surface area contributed by atoms with Gasteiger partial charge in [0.1, 0.15) is 0 Å². The molecule has 1 N–H and O–H groups in total. The predicted molar refractivity (Wildman–Crippen MR) is 117 cm³/mol. The topological polar surface area (TPSA) is 72.7 Å². The van der Waals surface area contributed by atoms with Gasteiger partial charge < -0.3 is 5.32 Å². The Morgan fingerprint density at radius 2 is 1.72 bits per heavy atom. The summed E-state index contributed by atoms with van der Waals surface area (Å²) in [5.74, 6) is -0.0960. The van der Waals surface area contributed by atoms with Crippen molar-refractivity contribution in [2.24, 2.45) is 0 Å². The van der Waals surface area contributed by atoms with E-state index in [1.807, 2.05) is 81.4 Å². The monoisotopic (exact) mass is 403 g/mol. The number of aromatic nitrogens is 4. The average molecular weight is 404 g/mol. The molecular formula is C22H21N5OS. The number of para-hydroxylation sites is 1. The van der Waals surface area contributed by atoms with Crippen LogP contribution in [0.5, 0.6) is 0 Å². The summed E-state index contributed by atoms with van der Waals surface area (Å²) in [6.45, 7) is 5.90. The summed E-state index contributed by atoms with van der Waals surface area (Å²) in [5, 5.41) is 17.5. The van der Waals surface area contributed by atoms with Gasteiger partial charge in [0.15, 0.2) is 0 Å². The maximum atomic E-state index is 12.7. The third kappa shape index (κ3) is 4.00. The lowest BCUT2D eigenvalue weighted by Gasteiger charge is -2.14. The summed E-state index contributed by atoms with van der Waals surface area (Å²) in [4.78, 5) is 12.7. The van der Waals surface area contributed by atoms with Crippen molar-refractivity contribution >= 4 is 34.1 Å². The molecule has 1 atom stereocenters. The van der Waals surface area contributed by atoms with Crippen LogP contribution in [0, 0.1) is 13.8 Å². The fraction of sp³-hybridized carbons (Fsp3) is 0.182. The van der Waals surface area contributed by atoms with Crippen LogP contribution in [0.15, 0.2) is 65.8 Å². The Hall–Kier alpha value is -3.19. The first kappa shape index (κ1) is 19.1. The van der Waals surface area contributed by atoms with Crippen molar-refractivity contribution in [2.75, 3.05) is 5.32 Å². The molecule has 0 bridgehead atoms. The second-order valence-electron chi connectivity index (χ2n) is 6.92. The zero-order valence-corrected chi connectivity index (χ0v) is 17.3. The van der Waals surface area contributed by atoms with Crippen molar-refractivity contribution in [3.05, 3.63) is 71.8 Å². The SMILES string of the molecule is Cc1cccc(C)c1-n1nnnc1S[C@H](C)C(=O)Nc1ccc2ccccc2c1. The number of amides is 1. The average Bonchev–Trinajstić information content (AvgIpc) is 3.15. The van der Waals surface area contributed by atoms with E-state index in [0.29, 0.717) is 5.16 Å². The Kier molecular flexibility index (Phi) is 5.31. The highest BCUT2D eigenvalue weighted by Gasteiger charge is 2.20. The van der Waals surface area contributed by atoms with Gasteiger partial charge in [-0.25, -0.2) is 0 Å². The molecule has 4 rings (SSSR count). The Morgan fingerprint density at radius 3 is 2.48 bits per heavy atom. The smallest absolute Gasteiger partial charge is 0.237 e. The number of aryl methyl sites for hydroxylation is 2. The minimum absolute atomic E-state index is 0.0960. The molecule has 0 radical (unpaired) electrons. The van der Waals surface area contributed by atoms with Gasteiger partial charge in [-0.15, -0.1) is 5.10 Å². The largest absolute Gasteiger partial charge is 0.325 e. The lowest BCUT2D eigenvalue weighted by molar-refractivity contribution is -0.115. The number of hydrogen-bond acceptors (Lipinski definition) is 5. The van der Waals surface area contributed by atoms with Crippen molar-refractivity contribution in [1.82, 2.24) is 20.2 Å². The lowest BCUT2D eigenvalue weighted by atomic mass is 10.1. The number of nitrogens with zero attached hydrogens (tertiary/aromatic N) is 4. The van der Waals surface area contributed by atoms with Gasteiger partial charge in [-0.1, -0.05) is 60.3 Å². The number of tetrazole rings is 1. The van der Waals surface area contributed by atoms with Crippen molar-refractivity contribution in [3.8, 4) is 5.69 Å². The molecule has 29 heavy (non-hydrogen) atoms. The van der Waals surface area contributed by atoms with E-state index in [2.05, 4.69) is 20.8 Å². The molecule has 0 unspecified atom stereocenters. The Morgan fingerprint density at radius 1 is 1.00 bits per heavy atom. The van der Waals surface area contributed by atoms with E-state index in [0.717, 1.165) is 33.3 Å². The predicted octanol–water partition coefficient (Wildman–Crippen LogP) is 4.55. The number of anilines is 1. The molecule has 0 saturated carbocycles. The summed E-state index contributed by atoms with van der Waals surface area (Å²) in [5.41, 5.74) is 3.87. The van der Waals surface area contributed by atoms with E-state index in [1.54, 1.807) is 4.68 Å². The van der Waals surface area contributed by atoms with Gasteiger partial charge in [-0.05, 0) is 65.2 Å². The van der Waals surface area contributed by atoms with Crippen LogP contribution in [0.2, 0.25) is 0 Å². The summed E-state index contributed by atoms with van der Waals surface area (Å²) >= 11 is 1.33. The summed E-state index contributed by atoms with van der Waals surface area (Å²) in [6, 6.07) is 20.0. The van der Waals surface area contributed by atoms with Gasteiger partial charge in [-0.2, -0.15) is 4.68 Å². The fourth-order valence-electron chi connectivity index (χ4n) is 3.26. The summed E-state index contributed by atoms with van der Waals surface area (Å²) in [7, 11) is 0. The lowest BCUT2D eigenvalue weighted by Crippen LogP contribution is -2.23. The summed E-state index contributed by atoms with van der Waals surface area (Å²) < 4.78 is 1.70. The van der Waals surface area contributed by atoms with Crippen molar-refractivity contribution in [1.29, 1.82) is 0 Å². The normalized spacial score (nSPS) is 12.1. The van der Waals surface area contributed by atoms with Crippen LogP contribution in [0.3, 0.4) is 0 Å². The number of thioether (sulfide) groups is 1. The van der Waals surface area contributed by atoms with Crippen LogP contribution in [0.1, 0.15) is 18.1 Å². The van der Waals surface area contributed by atoms with E-state index in [9.17, 15) is 4.79 Å². The van der Waals surface area contributed by atoms with E-state index in [-0.39, 0.29) is 11.2 Å². The molecule has 1 aromatic heterocycles. The number of carbonyl (C=O) groups excluding carboxylic acids is 1. The minimum Gasteiger partial charge on any atom is -0.325 e. The minimum atomic E-state index is -0.365. The van der Waals surface area contributed by atoms with Crippen LogP contribution < -0.4 is 5.32 Å². The first-order valence-electron chi connectivity index (χ1n) is 9.34. The molecule has 0 saturated heterocycles. The van der Waals surface area contributed by atoms with Gasteiger partial charge in [0, 0.05) is 5.69 Å². The van der Waals surface area contributed by atoms with Gasteiger partial charge in [-0.3, -0.25) is 4.79 Å². The molecule has 3 aromatic carbocycles. The molecule has 1 amide bonds. The number of rotatable bonds is 5. The second kappa shape index (κ2) is 8.05. The van der Waals surface area contributed by atoms with Crippen LogP contribution in [0.4, 0.5) is 5.69 Å². The van der Waals surface area contributed by atoms with E-state index >= 15 is 0 Å². The zero-order valence-electron chi connectivity index (χ0n) is 16.5. The first-order valence-corrected chi connectivity index (χ1v) is 10.2. The maximum absolute atomic E-state index is 12.7. The molecule has 0 spiro atoms. The van der Waals surface area contributed by atoms with E-state index < -0.39 is 0 Å². The Labute approximate surface area is 173 Å². The molecule has 146 valence electrons. The highest BCUT2D eigenvalue weighted by molar-refractivity contribution is 8.00. The van der Waals surface area contributed by atoms with E-state index in [4.69, 9.17) is 0 Å². The van der Waals surface area contributed by atoms with Crippen molar-refractivity contribution in [3.63, 3.8) is 0 Å². The quantitative estimate of drug-likeness (QED) is 0.495. The third-order valence-electron chi connectivity index (χ3n) is 4.76. The van der Waals surface area contributed by atoms with Crippen molar-refractivity contribution in [2.45, 2.75) is 31.2 Å². The molecule has 7 heteroatoms. The van der Waals surface area contributed by atoms with Gasteiger partial charge in [0.2, 0.25) is 11.1 Å². The second-order valence-corrected chi connectivity index (χ2v) is 8.23. The van der Waals surface area contributed by atoms with Crippen LogP contribution >= 0.6 is 11.8 Å². The number of carbonyl (C=O) groups is 1. The van der Waals surface area contributed by atoms with Crippen LogP contribution in [0.25, 0.3) is 16.5 Å².